The van der Waals surface area contributed by atoms with Crippen molar-refractivity contribution >= 4 is 27.5 Å². The molecule has 1 saturated carbocycles. The molecule has 0 heterocycles. The van der Waals surface area contributed by atoms with Crippen LogP contribution in [0.4, 0.5) is 0 Å². The Morgan fingerprint density at radius 2 is 2.24 bits per heavy atom. The lowest BCUT2D eigenvalue weighted by molar-refractivity contribution is 0.215. The zero-order chi connectivity index (χ0) is 12.4. The highest BCUT2D eigenvalue weighted by atomic mass is 79.9. The van der Waals surface area contributed by atoms with E-state index in [4.69, 9.17) is 17.3 Å². The second kappa shape index (κ2) is 5.70. The van der Waals surface area contributed by atoms with Gasteiger partial charge >= 0.3 is 0 Å². The Morgan fingerprint density at radius 3 is 2.76 bits per heavy atom. The fraction of sp³-hybridized carbons (Fsp3) is 0.538. The smallest absolute Gasteiger partial charge is 0.0417 e. The monoisotopic (exact) mass is 316 g/mol. The largest absolute Gasteiger partial charge is 0.329 e. The zero-order valence-electron chi connectivity index (χ0n) is 10.00. The van der Waals surface area contributed by atoms with Crippen LogP contribution < -0.4 is 5.73 Å². The third-order valence-corrected chi connectivity index (χ3v) is 4.38. The van der Waals surface area contributed by atoms with Crippen LogP contribution in [-0.2, 0) is 6.54 Å². The Kier molecular flexibility index (Phi) is 4.47. The summed E-state index contributed by atoms with van der Waals surface area (Å²) in [5, 5.41) is 0.765. The first-order valence-electron chi connectivity index (χ1n) is 5.96. The number of nitrogens with two attached hydrogens (primary N) is 1. The molecular weight excluding hydrogens is 300 g/mol. The summed E-state index contributed by atoms with van der Waals surface area (Å²) in [6, 6.07) is 6.46. The van der Waals surface area contributed by atoms with E-state index in [0.717, 1.165) is 28.5 Å². The van der Waals surface area contributed by atoms with Crippen molar-refractivity contribution in [2.75, 3.05) is 13.6 Å². The van der Waals surface area contributed by atoms with Crippen LogP contribution in [0.5, 0.6) is 0 Å². The van der Waals surface area contributed by atoms with E-state index >= 15 is 0 Å². The van der Waals surface area contributed by atoms with Gasteiger partial charge in [-0.2, -0.15) is 0 Å². The maximum absolute atomic E-state index is 5.94. The van der Waals surface area contributed by atoms with Gasteiger partial charge in [-0.15, -0.1) is 0 Å². The molecule has 94 valence electrons. The summed E-state index contributed by atoms with van der Waals surface area (Å²) in [6.07, 6.45) is 2.65. The van der Waals surface area contributed by atoms with E-state index in [0.29, 0.717) is 6.04 Å². The minimum absolute atomic E-state index is 0.512. The minimum atomic E-state index is 0.512. The number of likely N-dealkylation sites (N-methyl/N-ethyl adjacent to an activating group) is 1. The topological polar surface area (TPSA) is 29.3 Å². The van der Waals surface area contributed by atoms with Gasteiger partial charge in [-0.3, -0.25) is 4.90 Å². The molecule has 2 rings (SSSR count). The lowest BCUT2D eigenvalue weighted by atomic mass is 10.1. The van der Waals surface area contributed by atoms with Crippen LogP contribution in [0.25, 0.3) is 0 Å². The van der Waals surface area contributed by atoms with Gasteiger partial charge in [-0.25, -0.2) is 0 Å². The molecule has 0 amide bonds. The van der Waals surface area contributed by atoms with Crippen LogP contribution in [-0.4, -0.2) is 24.5 Å². The second-order valence-corrected chi connectivity index (χ2v) is 6.08. The predicted octanol–water partition coefficient (Wildman–Crippen LogP) is 3.27. The summed E-state index contributed by atoms with van der Waals surface area (Å²) in [6.45, 7) is 1.66. The van der Waals surface area contributed by atoms with Crippen LogP contribution >= 0.6 is 27.5 Å². The average Bonchev–Trinajstić information content (AvgIpc) is 3.08. The number of rotatable bonds is 5. The van der Waals surface area contributed by atoms with E-state index in [9.17, 15) is 0 Å². The molecule has 0 spiro atoms. The fourth-order valence-electron chi connectivity index (χ4n) is 2.25. The Hall–Kier alpha value is -0.0900. The molecule has 0 radical (unpaired) electrons. The van der Waals surface area contributed by atoms with Crippen molar-refractivity contribution in [3.05, 3.63) is 33.3 Å². The van der Waals surface area contributed by atoms with Crippen molar-refractivity contribution in [2.45, 2.75) is 25.4 Å². The van der Waals surface area contributed by atoms with Crippen LogP contribution in [0.1, 0.15) is 18.4 Å². The third-order valence-electron chi connectivity index (χ3n) is 3.41. The van der Waals surface area contributed by atoms with Crippen LogP contribution in [0.15, 0.2) is 22.7 Å². The summed E-state index contributed by atoms with van der Waals surface area (Å²) >= 11 is 9.50. The van der Waals surface area contributed by atoms with Crippen molar-refractivity contribution in [3.63, 3.8) is 0 Å². The Bertz CT molecular complexity index is 393. The fourth-order valence-corrected chi connectivity index (χ4v) is 3.06. The van der Waals surface area contributed by atoms with Crippen molar-refractivity contribution in [1.82, 2.24) is 4.90 Å². The maximum Gasteiger partial charge on any atom is 0.0417 e. The van der Waals surface area contributed by atoms with Gasteiger partial charge in [0.15, 0.2) is 0 Å². The highest BCUT2D eigenvalue weighted by molar-refractivity contribution is 9.10. The summed E-state index contributed by atoms with van der Waals surface area (Å²) in [4.78, 5) is 2.35. The first-order valence-corrected chi connectivity index (χ1v) is 7.13. The molecule has 0 saturated heterocycles. The number of nitrogens with zero attached hydrogens (tertiary/aromatic N) is 1. The van der Waals surface area contributed by atoms with Gasteiger partial charge in [0.2, 0.25) is 0 Å². The average molecular weight is 318 g/mol. The summed E-state index contributed by atoms with van der Waals surface area (Å²) < 4.78 is 1.07. The standard InChI is InChI=1S/C13H18BrClN2/c1-17(13(7-16)9-2-3-9)8-10-4-5-11(15)6-12(10)14/h4-6,9,13H,2-3,7-8,16H2,1H3. The van der Waals surface area contributed by atoms with Crippen molar-refractivity contribution in [1.29, 1.82) is 0 Å². The number of benzene rings is 1. The molecular formula is C13H18BrClN2. The highest BCUT2D eigenvalue weighted by Gasteiger charge is 2.32. The van der Waals surface area contributed by atoms with Crippen molar-refractivity contribution < 1.29 is 0 Å². The van der Waals surface area contributed by atoms with E-state index in [-0.39, 0.29) is 0 Å². The van der Waals surface area contributed by atoms with Gasteiger partial charge in [-0.1, -0.05) is 33.6 Å². The van der Waals surface area contributed by atoms with Crippen LogP contribution in [0.2, 0.25) is 5.02 Å². The normalized spacial score (nSPS) is 17.5. The molecule has 1 aromatic rings. The minimum Gasteiger partial charge on any atom is -0.329 e. The first-order chi connectivity index (χ1) is 8.11. The van der Waals surface area contributed by atoms with Crippen molar-refractivity contribution in [2.24, 2.45) is 11.7 Å². The molecule has 0 aliphatic heterocycles. The molecule has 0 aromatic heterocycles. The van der Waals surface area contributed by atoms with Gasteiger partial charge in [0, 0.05) is 28.6 Å². The quantitative estimate of drug-likeness (QED) is 0.903. The number of hydrogen-bond donors (Lipinski definition) is 1. The molecule has 2 nitrogen and oxygen atoms in total. The summed E-state index contributed by atoms with van der Waals surface area (Å²) in [7, 11) is 2.15. The van der Waals surface area contributed by atoms with Gasteiger partial charge < -0.3 is 5.73 Å². The molecule has 1 aliphatic rings. The third kappa shape index (κ3) is 3.44. The molecule has 2 N–H and O–H groups in total. The number of hydrogen-bond acceptors (Lipinski definition) is 2. The molecule has 4 heteroatoms. The van der Waals surface area contributed by atoms with E-state index in [2.05, 4.69) is 33.9 Å². The maximum atomic E-state index is 5.94. The van der Waals surface area contributed by atoms with Gasteiger partial charge in [0.05, 0.1) is 0 Å². The van der Waals surface area contributed by atoms with E-state index in [1.165, 1.54) is 18.4 Å². The Labute approximate surface area is 116 Å². The molecule has 1 unspecified atom stereocenters. The lowest BCUT2D eigenvalue weighted by Gasteiger charge is -2.27. The molecule has 1 aliphatic carbocycles. The van der Waals surface area contributed by atoms with Crippen LogP contribution in [0, 0.1) is 5.92 Å². The zero-order valence-corrected chi connectivity index (χ0v) is 12.3. The molecule has 0 bridgehead atoms. The molecule has 1 fully saturated rings. The van der Waals surface area contributed by atoms with Crippen LogP contribution in [0.3, 0.4) is 0 Å². The Balaban J connectivity index is 2.03. The first kappa shape index (κ1) is 13.3. The SMILES string of the molecule is CN(Cc1ccc(Cl)cc1Br)C(CN)C1CC1. The second-order valence-electron chi connectivity index (χ2n) is 4.79. The molecule has 17 heavy (non-hydrogen) atoms. The lowest BCUT2D eigenvalue weighted by Crippen LogP contribution is -2.39. The van der Waals surface area contributed by atoms with E-state index in [1.54, 1.807) is 0 Å². The summed E-state index contributed by atoms with van der Waals surface area (Å²) in [5.74, 6) is 0.802. The Morgan fingerprint density at radius 1 is 1.53 bits per heavy atom. The highest BCUT2D eigenvalue weighted by Crippen LogP contribution is 2.35. The van der Waals surface area contributed by atoms with E-state index < -0.39 is 0 Å². The molecule has 1 aromatic carbocycles. The summed E-state index contributed by atoms with van der Waals surface area (Å²) in [5.41, 5.74) is 7.12. The molecule has 1 atom stereocenters. The van der Waals surface area contributed by atoms with Gasteiger partial charge in [0.25, 0.3) is 0 Å². The number of halogens is 2. The van der Waals surface area contributed by atoms with Gasteiger partial charge in [-0.05, 0) is 43.5 Å². The van der Waals surface area contributed by atoms with Crippen molar-refractivity contribution in [3.8, 4) is 0 Å². The van der Waals surface area contributed by atoms with Gasteiger partial charge in [0.1, 0.15) is 0 Å². The predicted molar refractivity (Wildman–Crippen MR) is 76.2 cm³/mol. The van der Waals surface area contributed by atoms with E-state index in [1.807, 2.05) is 12.1 Å².